The third-order valence-corrected chi connectivity index (χ3v) is 4.88. The van der Waals surface area contributed by atoms with Crippen LogP contribution in [0.5, 0.6) is 5.75 Å². The predicted molar refractivity (Wildman–Crippen MR) is 101 cm³/mol. The minimum Gasteiger partial charge on any atom is -0.508 e. The van der Waals surface area contributed by atoms with Gasteiger partial charge < -0.3 is 10.4 Å². The zero-order valence-corrected chi connectivity index (χ0v) is 15.0. The van der Waals surface area contributed by atoms with Crippen molar-refractivity contribution in [2.45, 2.75) is 0 Å². The summed E-state index contributed by atoms with van der Waals surface area (Å²) in [6, 6.07) is 9.40. The van der Waals surface area contributed by atoms with E-state index in [9.17, 15) is 9.90 Å². The number of thiazole rings is 1. The zero-order chi connectivity index (χ0) is 17.3. The molecule has 3 aromatic rings. The van der Waals surface area contributed by atoms with Crippen LogP contribution in [0.15, 0.2) is 36.4 Å². The van der Waals surface area contributed by atoms with Gasteiger partial charge in [-0.2, -0.15) is 0 Å². The smallest absolute Gasteiger partial charge is 0.257 e. The molecule has 0 bridgehead atoms. The van der Waals surface area contributed by atoms with Crippen molar-refractivity contribution in [3.05, 3.63) is 52.0 Å². The molecule has 0 aliphatic rings. The Labute approximate surface area is 156 Å². The van der Waals surface area contributed by atoms with Crippen molar-refractivity contribution in [3.8, 4) is 5.75 Å². The highest BCUT2D eigenvalue weighted by Gasteiger charge is 2.11. The number of nitrogens with zero attached hydrogens (tertiary/aromatic N) is 1. The van der Waals surface area contributed by atoms with Gasteiger partial charge in [-0.1, -0.05) is 34.5 Å². The number of aromatic hydroxyl groups is 1. The molecule has 0 unspecified atom stereocenters. The summed E-state index contributed by atoms with van der Waals surface area (Å²) in [5, 5.41) is 16.1. The summed E-state index contributed by atoms with van der Waals surface area (Å²) in [6.45, 7) is 0. The van der Waals surface area contributed by atoms with Crippen LogP contribution in [0.1, 0.15) is 10.4 Å². The van der Waals surface area contributed by atoms with Gasteiger partial charge >= 0.3 is 0 Å². The van der Waals surface area contributed by atoms with E-state index in [4.69, 9.17) is 35.4 Å². The zero-order valence-electron chi connectivity index (χ0n) is 11.8. The van der Waals surface area contributed by atoms with Gasteiger partial charge in [-0.3, -0.25) is 10.1 Å². The maximum atomic E-state index is 12.1. The van der Waals surface area contributed by atoms with Crippen LogP contribution < -0.4 is 10.6 Å². The van der Waals surface area contributed by atoms with E-state index < -0.39 is 5.91 Å². The molecule has 3 N–H and O–H groups in total. The monoisotopic (exact) mass is 397 g/mol. The number of carbonyl (C=O) groups excluding carboxylic acids is 1. The highest BCUT2D eigenvalue weighted by Crippen LogP contribution is 2.28. The summed E-state index contributed by atoms with van der Waals surface area (Å²) in [5.41, 5.74) is 1.06. The highest BCUT2D eigenvalue weighted by molar-refractivity contribution is 7.80. The van der Waals surface area contributed by atoms with Gasteiger partial charge in [0.05, 0.1) is 20.3 Å². The molecule has 3 rings (SSSR count). The molecule has 1 aromatic heterocycles. The van der Waals surface area contributed by atoms with E-state index in [-0.39, 0.29) is 15.9 Å². The number of thiocarbonyl (C=S) groups is 1. The topological polar surface area (TPSA) is 74.2 Å². The highest BCUT2D eigenvalue weighted by atomic mass is 35.5. The van der Waals surface area contributed by atoms with Crippen molar-refractivity contribution in [2.24, 2.45) is 0 Å². The molecule has 0 saturated heterocycles. The van der Waals surface area contributed by atoms with E-state index in [2.05, 4.69) is 15.6 Å². The first-order valence-corrected chi connectivity index (χ1v) is 8.57. The van der Waals surface area contributed by atoms with Crippen molar-refractivity contribution in [1.29, 1.82) is 0 Å². The number of amides is 1. The molecule has 0 radical (unpaired) electrons. The summed E-state index contributed by atoms with van der Waals surface area (Å²) in [6.07, 6.45) is 0. The van der Waals surface area contributed by atoms with Crippen LogP contribution in [-0.2, 0) is 0 Å². The number of hydrogen-bond donors (Lipinski definition) is 3. The summed E-state index contributed by atoms with van der Waals surface area (Å²) in [7, 11) is 0. The lowest BCUT2D eigenvalue weighted by molar-refractivity contribution is 0.0977. The molecule has 122 valence electrons. The maximum Gasteiger partial charge on any atom is 0.257 e. The van der Waals surface area contributed by atoms with Crippen molar-refractivity contribution in [3.63, 3.8) is 0 Å². The Morgan fingerprint density at radius 3 is 2.71 bits per heavy atom. The van der Waals surface area contributed by atoms with Gasteiger partial charge in [-0.05, 0) is 48.6 Å². The quantitative estimate of drug-likeness (QED) is 0.557. The number of halogens is 2. The number of phenols is 1. The molecule has 9 heteroatoms. The average Bonchev–Trinajstić information content (AvgIpc) is 2.90. The number of rotatable bonds is 2. The first kappa shape index (κ1) is 16.9. The average molecular weight is 398 g/mol. The Morgan fingerprint density at radius 2 is 1.96 bits per heavy atom. The van der Waals surface area contributed by atoms with Crippen LogP contribution in [0.25, 0.3) is 10.2 Å². The number of fused-ring (bicyclic) bond motifs is 1. The van der Waals surface area contributed by atoms with Crippen LogP contribution in [0.4, 0.5) is 5.13 Å². The molecular weight excluding hydrogens is 389 g/mol. The normalized spacial score (nSPS) is 10.6. The molecule has 0 aliphatic carbocycles. The number of aromatic nitrogens is 1. The van der Waals surface area contributed by atoms with Gasteiger partial charge in [0, 0.05) is 5.56 Å². The molecule has 5 nitrogen and oxygen atoms in total. The number of hydrogen-bond acceptors (Lipinski definition) is 5. The molecule has 1 amide bonds. The summed E-state index contributed by atoms with van der Waals surface area (Å²) in [5.74, 6) is -0.252. The van der Waals surface area contributed by atoms with Crippen LogP contribution >= 0.6 is 46.8 Å². The number of phenolic OH excluding ortho intramolecular Hbond substituents is 1. The van der Waals surface area contributed by atoms with Gasteiger partial charge in [-0.15, -0.1) is 0 Å². The SMILES string of the molecule is O=C(NC(=S)Nc1nc2ccc(O)cc2s1)c1ccc(Cl)c(Cl)c1. The first-order valence-electron chi connectivity index (χ1n) is 6.59. The van der Waals surface area contributed by atoms with Crippen LogP contribution in [-0.4, -0.2) is 21.1 Å². The molecule has 0 aliphatic heterocycles. The molecular formula is C15H9Cl2N3O2S2. The number of nitrogens with one attached hydrogen (secondary N) is 2. The first-order chi connectivity index (χ1) is 11.4. The molecule has 1 heterocycles. The molecule has 0 fully saturated rings. The Hall–Kier alpha value is -1.93. The van der Waals surface area contributed by atoms with Gasteiger partial charge in [0.25, 0.3) is 5.91 Å². The second-order valence-corrected chi connectivity index (χ2v) is 6.96. The number of anilines is 1. The Balaban J connectivity index is 1.69. The van der Waals surface area contributed by atoms with Gasteiger partial charge in [0.1, 0.15) is 5.75 Å². The lowest BCUT2D eigenvalue weighted by Crippen LogP contribution is -2.34. The summed E-state index contributed by atoms with van der Waals surface area (Å²) >= 11 is 18.1. The second kappa shape index (κ2) is 6.90. The molecule has 2 aromatic carbocycles. The van der Waals surface area contributed by atoms with Crippen LogP contribution in [0.2, 0.25) is 10.0 Å². The predicted octanol–water partition coefficient (Wildman–Crippen LogP) is 4.44. The lowest BCUT2D eigenvalue weighted by atomic mass is 10.2. The Morgan fingerprint density at radius 1 is 1.17 bits per heavy atom. The van der Waals surface area contributed by atoms with Crippen molar-refractivity contribution < 1.29 is 9.90 Å². The molecule has 0 atom stereocenters. The van der Waals surface area contributed by atoms with E-state index in [0.717, 1.165) is 10.2 Å². The lowest BCUT2D eigenvalue weighted by Gasteiger charge is -2.07. The van der Waals surface area contributed by atoms with Gasteiger partial charge in [0.15, 0.2) is 10.2 Å². The maximum absolute atomic E-state index is 12.1. The molecule has 24 heavy (non-hydrogen) atoms. The Bertz CT molecular complexity index is 959. The minimum absolute atomic E-state index is 0.106. The van der Waals surface area contributed by atoms with E-state index in [1.54, 1.807) is 24.3 Å². The van der Waals surface area contributed by atoms with E-state index in [0.29, 0.717) is 15.7 Å². The fourth-order valence-corrected chi connectivity index (χ4v) is 3.36. The molecule has 0 spiro atoms. The van der Waals surface area contributed by atoms with E-state index in [1.165, 1.54) is 23.5 Å². The van der Waals surface area contributed by atoms with Gasteiger partial charge in [0.2, 0.25) is 0 Å². The fraction of sp³-hybridized carbons (Fsp3) is 0. The third-order valence-electron chi connectivity index (χ3n) is 3.00. The van der Waals surface area contributed by atoms with Crippen molar-refractivity contribution in [2.75, 3.05) is 5.32 Å². The fourth-order valence-electron chi connectivity index (χ4n) is 1.91. The largest absolute Gasteiger partial charge is 0.508 e. The second-order valence-electron chi connectivity index (χ2n) is 4.71. The van der Waals surface area contributed by atoms with E-state index >= 15 is 0 Å². The van der Waals surface area contributed by atoms with Crippen LogP contribution in [0.3, 0.4) is 0 Å². The standard InChI is InChI=1S/C15H9Cl2N3O2S2/c16-9-3-1-7(5-10(9)17)13(22)19-14(23)20-15-18-11-4-2-8(21)6-12(11)24-15/h1-6,21H,(H2,18,19,20,22,23). The number of carbonyl (C=O) groups is 1. The summed E-state index contributed by atoms with van der Waals surface area (Å²) in [4.78, 5) is 16.5. The minimum atomic E-state index is -0.412. The van der Waals surface area contributed by atoms with Crippen molar-refractivity contribution >= 4 is 73.1 Å². The Kier molecular flexibility index (Phi) is 4.86. The van der Waals surface area contributed by atoms with Gasteiger partial charge in [-0.25, -0.2) is 4.98 Å². The van der Waals surface area contributed by atoms with Crippen LogP contribution in [0, 0.1) is 0 Å². The molecule has 0 saturated carbocycles. The van der Waals surface area contributed by atoms with E-state index in [1.807, 2.05) is 0 Å². The van der Waals surface area contributed by atoms with Crippen molar-refractivity contribution in [1.82, 2.24) is 10.3 Å². The summed E-state index contributed by atoms with van der Waals surface area (Å²) < 4.78 is 0.802. The third kappa shape index (κ3) is 3.76. The number of benzene rings is 2.